The van der Waals surface area contributed by atoms with Crippen molar-refractivity contribution in [2.45, 2.75) is 6.92 Å². The van der Waals surface area contributed by atoms with Gasteiger partial charge >= 0.3 is 5.97 Å². The van der Waals surface area contributed by atoms with E-state index < -0.39 is 17.6 Å². The van der Waals surface area contributed by atoms with Crippen molar-refractivity contribution in [1.82, 2.24) is 0 Å². The number of hydrogen-bond acceptors (Lipinski definition) is 3. The Morgan fingerprint density at radius 2 is 2.00 bits per heavy atom. The minimum absolute atomic E-state index is 0.0368. The van der Waals surface area contributed by atoms with E-state index in [1.807, 2.05) is 0 Å². The number of carboxylic acids is 1. The van der Waals surface area contributed by atoms with Crippen molar-refractivity contribution >= 4 is 23.0 Å². The molecule has 21 heavy (non-hydrogen) atoms. The maximum Gasteiger partial charge on any atom is 0.337 e. The number of nitrogens with two attached hydrogens (primary N) is 1. The number of hydrogen-bond donors (Lipinski definition) is 2. The van der Waals surface area contributed by atoms with Crippen molar-refractivity contribution in [1.29, 1.82) is 0 Å². The minimum Gasteiger partial charge on any atom is -0.478 e. The number of anilines is 3. The molecule has 4 nitrogen and oxygen atoms in total. The molecule has 2 aromatic rings. The summed E-state index contributed by atoms with van der Waals surface area (Å²) >= 11 is 0. The summed E-state index contributed by atoms with van der Waals surface area (Å²) in [5.74, 6) is -2.37. The Morgan fingerprint density at radius 1 is 1.29 bits per heavy atom. The first-order valence-electron chi connectivity index (χ1n) is 6.29. The van der Waals surface area contributed by atoms with Crippen LogP contribution >= 0.6 is 0 Å². The highest BCUT2D eigenvalue weighted by Crippen LogP contribution is 2.31. The summed E-state index contributed by atoms with van der Waals surface area (Å²) in [5.41, 5.74) is 5.61. The van der Waals surface area contributed by atoms with E-state index in [9.17, 15) is 13.6 Å². The Labute approximate surface area is 120 Å². The number of nitrogens with zero attached hydrogens (tertiary/aromatic N) is 1. The summed E-state index contributed by atoms with van der Waals surface area (Å²) in [6, 6.07) is 7.75. The number of rotatable bonds is 4. The topological polar surface area (TPSA) is 66.6 Å². The van der Waals surface area contributed by atoms with E-state index in [1.54, 1.807) is 13.0 Å². The third kappa shape index (κ3) is 2.94. The van der Waals surface area contributed by atoms with Crippen LogP contribution in [0, 0.1) is 11.6 Å². The van der Waals surface area contributed by atoms with Crippen LogP contribution < -0.4 is 10.6 Å². The van der Waals surface area contributed by atoms with Gasteiger partial charge in [0.2, 0.25) is 0 Å². The van der Waals surface area contributed by atoms with Crippen LogP contribution in [0.15, 0.2) is 36.4 Å². The van der Waals surface area contributed by atoms with Gasteiger partial charge in [0.05, 0.1) is 11.3 Å². The molecule has 0 spiro atoms. The smallest absolute Gasteiger partial charge is 0.337 e. The monoisotopic (exact) mass is 292 g/mol. The third-order valence-corrected chi connectivity index (χ3v) is 3.08. The highest BCUT2D eigenvalue weighted by Gasteiger charge is 2.18. The van der Waals surface area contributed by atoms with Crippen LogP contribution in [0.4, 0.5) is 25.8 Å². The first kappa shape index (κ1) is 14.8. The second kappa shape index (κ2) is 5.78. The summed E-state index contributed by atoms with van der Waals surface area (Å²) in [5, 5.41) is 9.07. The van der Waals surface area contributed by atoms with E-state index in [0.717, 1.165) is 12.1 Å². The minimum atomic E-state index is -1.25. The number of benzene rings is 2. The fraction of sp³-hybridized carbons (Fsp3) is 0.133. The van der Waals surface area contributed by atoms with Crippen molar-refractivity contribution in [2.75, 3.05) is 17.2 Å². The SMILES string of the molecule is CCN(c1cccc(F)c1)c1cc(C(=O)O)c(N)cc1F. The van der Waals surface area contributed by atoms with E-state index in [2.05, 4.69) is 0 Å². The standard InChI is InChI=1S/C15H14F2N2O2/c1-2-19(10-5-3-4-9(16)6-10)14-7-11(15(20)21)13(18)8-12(14)17/h3-8H,2,18H2,1H3,(H,20,21). The average molecular weight is 292 g/mol. The lowest BCUT2D eigenvalue weighted by atomic mass is 10.1. The second-order valence-corrected chi connectivity index (χ2v) is 4.42. The highest BCUT2D eigenvalue weighted by atomic mass is 19.1. The summed E-state index contributed by atoms with van der Waals surface area (Å²) in [7, 11) is 0. The van der Waals surface area contributed by atoms with Gasteiger partial charge < -0.3 is 15.7 Å². The van der Waals surface area contributed by atoms with Gasteiger partial charge in [0.25, 0.3) is 0 Å². The molecule has 0 heterocycles. The molecule has 0 aliphatic carbocycles. The van der Waals surface area contributed by atoms with Crippen molar-refractivity contribution < 1.29 is 18.7 Å². The Bertz CT molecular complexity index is 689. The number of halogens is 2. The summed E-state index contributed by atoms with van der Waals surface area (Å²) in [6.45, 7) is 2.09. The largest absolute Gasteiger partial charge is 0.478 e. The van der Waals surface area contributed by atoms with Crippen LogP contribution in [0.25, 0.3) is 0 Å². The van der Waals surface area contributed by atoms with Crippen LogP contribution in [0.5, 0.6) is 0 Å². The lowest BCUT2D eigenvalue weighted by molar-refractivity contribution is 0.0698. The molecule has 0 saturated carbocycles. The molecular weight excluding hydrogens is 278 g/mol. The second-order valence-electron chi connectivity index (χ2n) is 4.42. The molecular formula is C15H14F2N2O2. The summed E-state index contributed by atoms with van der Waals surface area (Å²) < 4.78 is 27.4. The third-order valence-electron chi connectivity index (χ3n) is 3.08. The van der Waals surface area contributed by atoms with Crippen LogP contribution in [0.2, 0.25) is 0 Å². The first-order chi connectivity index (χ1) is 9.93. The van der Waals surface area contributed by atoms with E-state index in [1.165, 1.54) is 23.1 Å². The number of carboxylic acid groups (broad SMARTS) is 1. The van der Waals surface area contributed by atoms with Crippen LogP contribution in [0.3, 0.4) is 0 Å². The van der Waals surface area contributed by atoms with Gasteiger partial charge in [0.15, 0.2) is 0 Å². The lowest BCUT2D eigenvalue weighted by Gasteiger charge is -2.24. The molecule has 6 heteroatoms. The van der Waals surface area contributed by atoms with E-state index in [4.69, 9.17) is 10.8 Å². The quantitative estimate of drug-likeness (QED) is 0.848. The van der Waals surface area contributed by atoms with Crippen molar-refractivity contribution in [3.63, 3.8) is 0 Å². The Morgan fingerprint density at radius 3 is 2.57 bits per heavy atom. The molecule has 0 bridgehead atoms. The Balaban J connectivity index is 2.57. The van der Waals surface area contributed by atoms with Crippen molar-refractivity contribution in [3.8, 4) is 0 Å². The molecule has 0 atom stereocenters. The molecule has 0 amide bonds. The van der Waals surface area contributed by atoms with Gasteiger partial charge in [-0.05, 0) is 37.3 Å². The highest BCUT2D eigenvalue weighted by molar-refractivity contribution is 5.95. The molecule has 2 rings (SSSR count). The van der Waals surface area contributed by atoms with Gasteiger partial charge in [-0.25, -0.2) is 13.6 Å². The zero-order valence-electron chi connectivity index (χ0n) is 11.3. The molecule has 0 aliphatic heterocycles. The number of aromatic carboxylic acids is 1. The zero-order valence-corrected chi connectivity index (χ0v) is 11.3. The predicted octanol–water partition coefficient (Wildman–Crippen LogP) is 3.40. The number of carbonyl (C=O) groups is 1. The van der Waals surface area contributed by atoms with Gasteiger partial charge in [-0.2, -0.15) is 0 Å². The molecule has 0 radical (unpaired) electrons. The molecule has 0 aliphatic rings. The van der Waals surface area contributed by atoms with E-state index in [0.29, 0.717) is 12.2 Å². The fourth-order valence-corrected chi connectivity index (χ4v) is 2.11. The van der Waals surface area contributed by atoms with E-state index in [-0.39, 0.29) is 16.9 Å². The summed E-state index contributed by atoms with van der Waals surface area (Å²) in [4.78, 5) is 12.6. The molecule has 0 unspecified atom stereocenters. The van der Waals surface area contributed by atoms with Crippen LogP contribution in [-0.4, -0.2) is 17.6 Å². The molecule has 0 fully saturated rings. The normalized spacial score (nSPS) is 10.4. The zero-order chi connectivity index (χ0) is 15.6. The molecule has 0 aromatic heterocycles. The van der Waals surface area contributed by atoms with Gasteiger partial charge in [0, 0.05) is 17.9 Å². The maximum atomic E-state index is 14.1. The van der Waals surface area contributed by atoms with Gasteiger partial charge in [-0.3, -0.25) is 0 Å². The van der Waals surface area contributed by atoms with Crippen molar-refractivity contribution in [3.05, 3.63) is 53.6 Å². The molecule has 110 valence electrons. The Kier molecular flexibility index (Phi) is 4.07. The van der Waals surface area contributed by atoms with Crippen LogP contribution in [0.1, 0.15) is 17.3 Å². The lowest BCUT2D eigenvalue weighted by Crippen LogP contribution is -2.19. The van der Waals surface area contributed by atoms with Gasteiger partial charge in [-0.1, -0.05) is 6.07 Å². The van der Waals surface area contributed by atoms with Gasteiger partial charge in [-0.15, -0.1) is 0 Å². The Hall–Kier alpha value is -2.63. The first-order valence-corrected chi connectivity index (χ1v) is 6.29. The maximum absolute atomic E-state index is 14.1. The van der Waals surface area contributed by atoms with Gasteiger partial charge in [0.1, 0.15) is 11.6 Å². The van der Waals surface area contributed by atoms with Crippen LogP contribution in [-0.2, 0) is 0 Å². The molecule has 3 N–H and O–H groups in total. The molecule has 0 saturated heterocycles. The van der Waals surface area contributed by atoms with E-state index >= 15 is 0 Å². The fourth-order valence-electron chi connectivity index (χ4n) is 2.11. The number of nitrogen functional groups attached to an aromatic ring is 1. The summed E-state index contributed by atoms with van der Waals surface area (Å²) in [6.07, 6.45) is 0. The predicted molar refractivity (Wildman–Crippen MR) is 76.9 cm³/mol. The molecule has 2 aromatic carbocycles. The van der Waals surface area contributed by atoms with Crippen molar-refractivity contribution in [2.24, 2.45) is 0 Å². The average Bonchev–Trinajstić information content (AvgIpc) is 2.41.